The van der Waals surface area contributed by atoms with Crippen LogP contribution in [0.5, 0.6) is 0 Å². The van der Waals surface area contributed by atoms with E-state index in [2.05, 4.69) is 29.5 Å². The molecule has 0 spiro atoms. The van der Waals surface area contributed by atoms with Crippen LogP contribution in [0.15, 0.2) is 41.8 Å². The maximum absolute atomic E-state index is 9.28. The number of anilines is 1. The molecule has 0 fully saturated rings. The van der Waals surface area contributed by atoms with Crippen molar-refractivity contribution in [2.45, 2.75) is 20.0 Å². The van der Waals surface area contributed by atoms with Crippen LogP contribution in [0.1, 0.15) is 16.0 Å². The minimum atomic E-state index is 0.0289. The van der Waals surface area contributed by atoms with E-state index in [9.17, 15) is 5.11 Å². The van der Waals surface area contributed by atoms with Gasteiger partial charge in [-0.1, -0.05) is 24.3 Å². The summed E-state index contributed by atoms with van der Waals surface area (Å²) in [6.07, 6.45) is 0. The molecule has 3 aromatic rings. The van der Waals surface area contributed by atoms with Crippen LogP contribution in [-0.4, -0.2) is 21.5 Å². The van der Waals surface area contributed by atoms with E-state index in [1.54, 1.807) is 16.0 Å². The predicted octanol–water partition coefficient (Wildman–Crippen LogP) is 3.40. The van der Waals surface area contributed by atoms with Crippen LogP contribution >= 0.6 is 11.3 Å². The topological polar surface area (TPSA) is 73.9 Å². The zero-order chi connectivity index (χ0) is 16.9. The Bertz CT molecular complexity index is 875. The average Bonchev–Trinajstić information content (AvgIpc) is 3.20. The largest absolute Gasteiger partial charge is 0.394 e. The smallest absolute Gasteiger partial charge is 0.125 e. The zero-order valence-corrected chi connectivity index (χ0v) is 14.2. The third-order valence-electron chi connectivity index (χ3n) is 3.74. The molecule has 0 saturated heterocycles. The van der Waals surface area contributed by atoms with Crippen LogP contribution in [0.4, 0.5) is 5.82 Å². The van der Waals surface area contributed by atoms with Crippen molar-refractivity contribution < 1.29 is 5.11 Å². The summed E-state index contributed by atoms with van der Waals surface area (Å²) in [6.45, 7) is 3.14. The number of aliphatic hydroxyl groups is 1. The number of hydrogen-bond donors (Lipinski definition) is 2. The second-order valence-corrected chi connectivity index (χ2v) is 6.44. The van der Waals surface area contributed by atoms with Crippen molar-refractivity contribution in [3.63, 3.8) is 0 Å². The molecule has 2 N–H and O–H groups in total. The lowest BCUT2D eigenvalue weighted by Gasteiger charge is -2.07. The molecule has 0 atom stereocenters. The Balaban J connectivity index is 1.84. The second-order valence-electron chi connectivity index (χ2n) is 5.44. The average molecular weight is 338 g/mol. The summed E-state index contributed by atoms with van der Waals surface area (Å²) in [5.41, 5.74) is 3.81. The number of nitrogens with one attached hydrogen (secondary N) is 1. The quantitative estimate of drug-likeness (QED) is 0.722. The third kappa shape index (κ3) is 3.48. The van der Waals surface area contributed by atoms with E-state index in [4.69, 9.17) is 5.26 Å². The van der Waals surface area contributed by atoms with Gasteiger partial charge in [0.05, 0.1) is 31.0 Å². The molecule has 0 aliphatic rings. The van der Waals surface area contributed by atoms with E-state index < -0.39 is 0 Å². The van der Waals surface area contributed by atoms with Crippen molar-refractivity contribution >= 4 is 17.2 Å². The van der Waals surface area contributed by atoms with Crippen molar-refractivity contribution in [3.8, 4) is 17.3 Å². The fourth-order valence-electron chi connectivity index (χ4n) is 2.53. The molecule has 0 radical (unpaired) electrons. The van der Waals surface area contributed by atoms with Gasteiger partial charge in [-0.25, -0.2) is 4.68 Å². The summed E-state index contributed by atoms with van der Waals surface area (Å²) in [4.78, 5) is 1.08. The summed E-state index contributed by atoms with van der Waals surface area (Å²) in [6, 6.07) is 14.1. The molecule has 2 aromatic heterocycles. The Labute approximate surface area is 144 Å². The summed E-state index contributed by atoms with van der Waals surface area (Å²) >= 11 is 1.55. The van der Waals surface area contributed by atoms with Crippen LogP contribution in [-0.2, 0) is 13.1 Å². The van der Waals surface area contributed by atoms with Gasteiger partial charge in [0.2, 0.25) is 0 Å². The van der Waals surface area contributed by atoms with Gasteiger partial charge in [-0.3, -0.25) is 0 Å². The van der Waals surface area contributed by atoms with Crippen molar-refractivity contribution in [2.75, 3.05) is 11.9 Å². The van der Waals surface area contributed by atoms with E-state index in [-0.39, 0.29) is 6.61 Å². The lowest BCUT2D eigenvalue weighted by Crippen LogP contribution is -2.09. The van der Waals surface area contributed by atoms with Gasteiger partial charge < -0.3 is 10.4 Å². The number of hydrogen-bond acceptors (Lipinski definition) is 5. The Kier molecular flexibility index (Phi) is 4.94. The predicted molar refractivity (Wildman–Crippen MR) is 95.8 cm³/mol. The molecule has 0 unspecified atom stereocenters. The van der Waals surface area contributed by atoms with Crippen LogP contribution in [0, 0.1) is 18.3 Å². The second kappa shape index (κ2) is 7.30. The number of aryl methyl sites for hydroxylation is 1. The number of rotatable bonds is 6. The van der Waals surface area contributed by atoms with Gasteiger partial charge in [-0.15, -0.1) is 11.3 Å². The van der Waals surface area contributed by atoms with Crippen LogP contribution in [0.25, 0.3) is 11.3 Å². The van der Waals surface area contributed by atoms with Gasteiger partial charge in [0, 0.05) is 21.9 Å². The maximum atomic E-state index is 9.28. The molecular weight excluding hydrogens is 320 g/mol. The van der Waals surface area contributed by atoms with Gasteiger partial charge in [0.1, 0.15) is 11.9 Å². The summed E-state index contributed by atoms with van der Waals surface area (Å²) in [5.74, 6) is 0.856. The van der Waals surface area contributed by atoms with Crippen LogP contribution in [0.2, 0.25) is 0 Å². The number of nitriles is 1. The Morgan fingerprint density at radius 2 is 2.17 bits per heavy atom. The van der Waals surface area contributed by atoms with Gasteiger partial charge in [-0.2, -0.15) is 10.4 Å². The number of aromatic nitrogens is 2. The van der Waals surface area contributed by atoms with Crippen molar-refractivity contribution in [3.05, 3.63) is 57.8 Å². The van der Waals surface area contributed by atoms with Crippen LogP contribution in [0.3, 0.4) is 0 Å². The highest BCUT2D eigenvalue weighted by atomic mass is 32.1. The van der Waals surface area contributed by atoms with Gasteiger partial charge in [-0.05, 0) is 18.6 Å². The van der Waals surface area contributed by atoms with E-state index in [1.807, 2.05) is 35.7 Å². The number of aliphatic hydroxyl groups excluding tert-OH is 1. The van der Waals surface area contributed by atoms with Gasteiger partial charge >= 0.3 is 0 Å². The third-order valence-corrected chi connectivity index (χ3v) is 4.68. The monoisotopic (exact) mass is 338 g/mol. The molecule has 122 valence electrons. The zero-order valence-electron chi connectivity index (χ0n) is 13.4. The molecule has 5 nitrogen and oxygen atoms in total. The first-order valence-electron chi connectivity index (χ1n) is 7.67. The highest BCUT2D eigenvalue weighted by Gasteiger charge is 2.11. The van der Waals surface area contributed by atoms with Gasteiger partial charge in [0.25, 0.3) is 0 Å². The first kappa shape index (κ1) is 16.2. The Morgan fingerprint density at radius 1 is 1.33 bits per heavy atom. The molecule has 0 aliphatic heterocycles. The summed E-state index contributed by atoms with van der Waals surface area (Å²) in [5, 5.41) is 28.0. The molecule has 6 heteroatoms. The highest BCUT2D eigenvalue weighted by Crippen LogP contribution is 2.25. The van der Waals surface area contributed by atoms with E-state index in [0.717, 1.165) is 27.5 Å². The normalized spacial score (nSPS) is 10.5. The van der Waals surface area contributed by atoms with E-state index in [0.29, 0.717) is 18.7 Å². The lowest BCUT2D eigenvalue weighted by atomic mass is 10.1. The molecular formula is C18H18N4OS. The lowest BCUT2D eigenvalue weighted by molar-refractivity contribution is 0.270. The summed E-state index contributed by atoms with van der Waals surface area (Å²) < 4.78 is 1.78. The fraction of sp³-hybridized carbons (Fsp3) is 0.222. The van der Waals surface area contributed by atoms with Crippen molar-refractivity contribution in [1.82, 2.24) is 9.78 Å². The first-order valence-corrected chi connectivity index (χ1v) is 8.55. The number of benzene rings is 1. The number of thiophene rings is 1. The van der Waals surface area contributed by atoms with E-state index in [1.165, 1.54) is 0 Å². The highest BCUT2D eigenvalue weighted by molar-refractivity contribution is 7.10. The van der Waals surface area contributed by atoms with Crippen molar-refractivity contribution in [2.24, 2.45) is 0 Å². The Morgan fingerprint density at radius 3 is 2.88 bits per heavy atom. The number of nitrogens with zero attached hydrogens (tertiary/aromatic N) is 3. The minimum absolute atomic E-state index is 0.0289. The molecule has 3 rings (SSSR count). The minimum Gasteiger partial charge on any atom is -0.394 e. The molecule has 0 aliphatic carbocycles. The standard InChI is InChI=1S/C18H18N4OS/c1-13-4-2-3-5-16(13)17-9-18(22(21-17)6-7-23)20-11-15-8-14(10-19)12-24-15/h2-5,8-9,12,20,23H,6-7,11H2,1H3. The fourth-order valence-corrected chi connectivity index (χ4v) is 3.28. The van der Waals surface area contributed by atoms with Gasteiger partial charge in [0.15, 0.2) is 0 Å². The summed E-state index contributed by atoms with van der Waals surface area (Å²) in [7, 11) is 0. The first-order chi connectivity index (χ1) is 11.7. The molecule has 0 bridgehead atoms. The molecule has 0 saturated carbocycles. The molecule has 24 heavy (non-hydrogen) atoms. The van der Waals surface area contributed by atoms with E-state index >= 15 is 0 Å². The molecule has 0 amide bonds. The maximum Gasteiger partial charge on any atom is 0.125 e. The molecule has 1 aromatic carbocycles. The van der Waals surface area contributed by atoms with Crippen molar-refractivity contribution in [1.29, 1.82) is 5.26 Å². The van der Waals surface area contributed by atoms with Crippen LogP contribution < -0.4 is 5.32 Å². The Hall–Kier alpha value is -2.62. The molecule has 2 heterocycles. The SMILES string of the molecule is Cc1ccccc1-c1cc(NCc2cc(C#N)cs2)n(CCO)n1.